The Morgan fingerprint density at radius 2 is 2.04 bits per heavy atom. The lowest BCUT2D eigenvalue weighted by atomic mass is 10.1. The molecule has 0 bridgehead atoms. The summed E-state index contributed by atoms with van der Waals surface area (Å²) in [5.41, 5.74) is 5.45. The maximum absolute atomic E-state index is 13.6. The predicted molar refractivity (Wildman–Crippen MR) is 96.9 cm³/mol. The van der Waals surface area contributed by atoms with Crippen molar-refractivity contribution in [2.24, 2.45) is 5.73 Å². The van der Waals surface area contributed by atoms with Gasteiger partial charge in [0.1, 0.15) is 11.5 Å². The molecule has 144 valence electrons. The van der Waals surface area contributed by atoms with Crippen molar-refractivity contribution in [1.82, 2.24) is 14.8 Å². The van der Waals surface area contributed by atoms with Crippen molar-refractivity contribution in [3.8, 4) is 0 Å². The van der Waals surface area contributed by atoms with Crippen LogP contribution in [0.3, 0.4) is 0 Å². The molecule has 3 amide bonds. The molecule has 9 heteroatoms. The summed E-state index contributed by atoms with van der Waals surface area (Å²) in [5.74, 6) is -1.68. The molecule has 1 atom stereocenters. The molecular weight excluding hydrogens is 353 g/mol. The maximum atomic E-state index is 13.6. The second-order valence-corrected chi connectivity index (χ2v) is 7.09. The highest BCUT2D eigenvalue weighted by molar-refractivity contribution is 6.09. The third kappa shape index (κ3) is 3.46. The summed E-state index contributed by atoms with van der Waals surface area (Å²) >= 11 is 0. The van der Waals surface area contributed by atoms with Crippen LogP contribution in [-0.2, 0) is 0 Å². The smallest absolute Gasteiger partial charge is 0.322 e. The standard InChI is InChI=1S/C18H22FN5O3/c19-11-8-13-14(15(16(20)25)27-17(13)21-9-11)22-18(26)24-7-4-12(10-24)23-5-2-1-3-6-23/h8-9,12H,1-7,10H2,(H2,20,25)(H,22,26)/t12-/m1/s1. The lowest BCUT2D eigenvalue weighted by Gasteiger charge is -2.32. The van der Waals surface area contributed by atoms with E-state index in [9.17, 15) is 14.0 Å². The predicted octanol–water partition coefficient (Wildman–Crippen LogP) is 2.16. The van der Waals surface area contributed by atoms with Crippen LogP contribution in [0, 0.1) is 5.82 Å². The number of fused-ring (bicyclic) bond motifs is 1. The van der Waals surface area contributed by atoms with Gasteiger partial charge in [-0.3, -0.25) is 9.69 Å². The number of piperidine rings is 1. The monoisotopic (exact) mass is 375 g/mol. The maximum Gasteiger partial charge on any atom is 0.322 e. The number of nitrogens with zero attached hydrogens (tertiary/aromatic N) is 3. The van der Waals surface area contributed by atoms with Crippen LogP contribution in [0.4, 0.5) is 14.9 Å². The van der Waals surface area contributed by atoms with Crippen molar-refractivity contribution in [2.45, 2.75) is 31.7 Å². The number of carbonyl (C=O) groups excluding carboxylic acids is 2. The number of hydrogen-bond donors (Lipinski definition) is 2. The highest BCUT2D eigenvalue weighted by Gasteiger charge is 2.32. The Hall–Kier alpha value is -2.68. The van der Waals surface area contributed by atoms with Crippen molar-refractivity contribution in [3.63, 3.8) is 0 Å². The Balaban J connectivity index is 1.52. The zero-order chi connectivity index (χ0) is 19.0. The minimum atomic E-state index is -0.851. The number of anilines is 1. The first kappa shape index (κ1) is 17.7. The van der Waals surface area contributed by atoms with E-state index < -0.39 is 11.7 Å². The summed E-state index contributed by atoms with van der Waals surface area (Å²) in [4.78, 5) is 32.4. The second-order valence-electron chi connectivity index (χ2n) is 7.09. The van der Waals surface area contributed by atoms with Crippen molar-refractivity contribution in [2.75, 3.05) is 31.5 Å². The van der Waals surface area contributed by atoms with Gasteiger partial charge in [0.15, 0.2) is 0 Å². The van der Waals surface area contributed by atoms with Crippen LogP contribution in [0.1, 0.15) is 36.2 Å². The molecule has 4 heterocycles. The number of nitrogens with two attached hydrogens (primary N) is 1. The zero-order valence-corrected chi connectivity index (χ0v) is 14.9. The van der Waals surface area contributed by atoms with Crippen LogP contribution in [0.2, 0.25) is 0 Å². The van der Waals surface area contributed by atoms with Gasteiger partial charge in [-0.05, 0) is 38.4 Å². The SMILES string of the molecule is NC(=O)c1oc2ncc(F)cc2c1NC(=O)N1CC[C@@H](N2CCCCC2)C1. The number of carbonyl (C=O) groups is 2. The highest BCUT2D eigenvalue weighted by Crippen LogP contribution is 2.31. The van der Waals surface area contributed by atoms with Crippen molar-refractivity contribution < 1.29 is 18.4 Å². The molecule has 0 saturated carbocycles. The van der Waals surface area contributed by atoms with Gasteiger partial charge < -0.3 is 20.4 Å². The van der Waals surface area contributed by atoms with E-state index in [0.29, 0.717) is 19.1 Å². The van der Waals surface area contributed by atoms with Crippen LogP contribution in [-0.4, -0.2) is 58.9 Å². The van der Waals surface area contributed by atoms with E-state index in [1.807, 2.05) is 0 Å². The van der Waals surface area contributed by atoms with E-state index in [1.165, 1.54) is 19.3 Å². The average Bonchev–Trinajstić information content (AvgIpc) is 3.28. The number of primary amides is 1. The number of aromatic nitrogens is 1. The highest BCUT2D eigenvalue weighted by atomic mass is 19.1. The van der Waals surface area contributed by atoms with E-state index in [-0.39, 0.29) is 28.6 Å². The van der Waals surface area contributed by atoms with E-state index in [0.717, 1.165) is 31.8 Å². The minimum Gasteiger partial charge on any atom is -0.430 e. The number of urea groups is 1. The largest absolute Gasteiger partial charge is 0.430 e. The quantitative estimate of drug-likeness (QED) is 0.855. The van der Waals surface area contributed by atoms with Gasteiger partial charge in [0.05, 0.1) is 11.6 Å². The molecule has 0 aromatic carbocycles. The van der Waals surface area contributed by atoms with Crippen LogP contribution in [0.5, 0.6) is 0 Å². The minimum absolute atomic E-state index is 0.0492. The van der Waals surface area contributed by atoms with Gasteiger partial charge in [0.25, 0.3) is 5.91 Å². The van der Waals surface area contributed by atoms with Gasteiger partial charge in [-0.1, -0.05) is 6.42 Å². The number of halogens is 1. The normalized spacial score (nSPS) is 20.9. The number of furan rings is 1. The summed E-state index contributed by atoms with van der Waals surface area (Å²) in [5, 5.41) is 2.89. The molecule has 2 aliphatic rings. The summed E-state index contributed by atoms with van der Waals surface area (Å²) in [7, 11) is 0. The zero-order valence-electron chi connectivity index (χ0n) is 14.9. The number of pyridine rings is 1. The fourth-order valence-electron chi connectivity index (χ4n) is 3.95. The summed E-state index contributed by atoms with van der Waals surface area (Å²) < 4.78 is 18.9. The fraction of sp³-hybridized carbons (Fsp3) is 0.500. The van der Waals surface area contributed by atoms with E-state index in [1.54, 1.807) is 4.90 Å². The third-order valence-electron chi connectivity index (χ3n) is 5.33. The molecule has 2 aliphatic heterocycles. The Labute approximate surface area is 155 Å². The molecule has 0 aliphatic carbocycles. The molecule has 8 nitrogen and oxygen atoms in total. The molecule has 2 aromatic rings. The lowest BCUT2D eigenvalue weighted by Crippen LogP contribution is -2.42. The number of likely N-dealkylation sites (tertiary alicyclic amines) is 2. The second kappa shape index (κ2) is 7.15. The van der Waals surface area contributed by atoms with Gasteiger partial charge in [-0.2, -0.15) is 0 Å². The lowest BCUT2D eigenvalue weighted by molar-refractivity contribution is 0.0977. The molecule has 3 N–H and O–H groups in total. The summed E-state index contributed by atoms with van der Waals surface area (Å²) in [6, 6.07) is 1.16. The van der Waals surface area contributed by atoms with E-state index in [4.69, 9.17) is 10.2 Å². The number of amides is 3. The average molecular weight is 375 g/mol. The first-order valence-corrected chi connectivity index (χ1v) is 9.21. The van der Waals surface area contributed by atoms with Crippen molar-refractivity contribution >= 4 is 28.7 Å². The first-order valence-electron chi connectivity index (χ1n) is 9.21. The van der Waals surface area contributed by atoms with Gasteiger partial charge >= 0.3 is 6.03 Å². The summed E-state index contributed by atoms with van der Waals surface area (Å²) in [6.07, 6.45) is 5.56. The molecule has 0 radical (unpaired) electrons. The summed E-state index contributed by atoms with van der Waals surface area (Å²) in [6.45, 7) is 3.40. The van der Waals surface area contributed by atoms with Crippen LogP contribution in [0.15, 0.2) is 16.7 Å². The Kier molecular flexibility index (Phi) is 4.69. The molecule has 27 heavy (non-hydrogen) atoms. The van der Waals surface area contributed by atoms with E-state index >= 15 is 0 Å². The number of hydrogen-bond acceptors (Lipinski definition) is 5. The van der Waals surface area contributed by atoms with Crippen LogP contribution < -0.4 is 11.1 Å². The van der Waals surface area contributed by atoms with Crippen LogP contribution in [0.25, 0.3) is 11.1 Å². The molecule has 0 spiro atoms. The van der Waals surface area contributed by atoms with Gasteiger partial charge in [0, 0.05) is 19.1 Å². The van der Waals surface area contributed by atoms with Gasteiger partial charge in [-0.15, -0.1) is 0 Å². The molecule has 2 fully saturated rings. The molecule has 2 aromatic heterocycles. The molecule has 0 unspecified atom stereocenters. The van der Waals surface area contributed by atoms with Crippen molar-refractivity contribution in [1.29, 1.82) is 0 Å². The number of nitrogens with one attached hydrogen (secondary N) is 1. The Bertz CT molecular complexity index is 877. The first-order chi connectivity index (χ1) is 13.0. The molecular formula is C18H22FN5O3. The van der Waals surface area contributed by atoms with Gasteiger partial charge in [-0.25, -0.2) is 14.2 Å². The topological polar surface area (TPSA) is 105 Å². The van der Waals surface area contributed by atoms with Gasteiger partial charge in [0.2, 0.25) is 11.5 Å². The molecule has 2 saturated heterocycles. The van der Waals surface area contributed by atoms with Crippen LogP contribution >= 0.6 is 0 Å². The van der Waals surface area contributed by atoms with E-state index in [2.05, 4.69) is 15.2 Å². The Morgan fingerprint density at radius 1 is 1.26 bits per heavy atom. The molecule has 4 rings (SSSR count). The fourth-order valence-corrected chi connectivity index (χ4v) is 3.95. The van der Waals surface area contributed by atoms with Crippen molar-refractivity contribution in [3.05, 3.63) is 23.8 Å². The third-order valence-corrected chi connectivity index (χ3v) is 5.33. The Morgan fingerprint density at radius 3 is 2.78 bits per heavy atom. The number of rotatable bonds is 3.